The standard InChI is InChI=1S/C21H24N2O2/c1-16-4-7-19(8-5-16)25-15-21(24)23-13-10-17-14-18(6-9-20(17)23)22-11-2-3-12-22/h4-9,14H,2-3,10-13,15H2,1H3. The number of ether oxygens (including phenoxy) is 1. The largest absolute Gasteiger partial charge is 0.484 e. The Bertz CT molecular complexity index is 764. The molecule has 0 aromatic heterocycles. The summed E-state index contributed by atoms with van der Waals surface area (Å²) < 4.78 is 5.66. The number of anilines is 2. The summed E-state index contributed by atoms with van der Waals surface area (Å²) in [5.74, 6) is 0.760. The van der Waals surface area contributed by atoms with Crippen LogP contribution in [0.1, 0.15) is 24.0 Å². The van der Waals surface area contributed by atoms with Gasteiger partial charge in [0.2, 0.25) is 0 Å². The van der Waals surface area contributed by atoms with Crippen LogP contribution < -0.4 is 14.5 Å². The molecule has 0 N–H and O–H groups in total. The summed E-state index contributed by atoms with van der Waals surface area (Å²) in [7, 11) is 0. The molecule has 0 atom stereocenters. The first-order valence-corrected chi connectivity index (χ1v) is 9.08. The van der Waals surface area contributed by atoms with E-state index in [0.29, 0.717) is 0 Å². The molecule has 4 heteroatoms. The van der Waals surface area contributed by atoms with Crippen LogP contribution in [0.2, 0.25) is 0 Å². The van der Waals surface area contributed by atoms with Crippen LogP contribution in [0.25, 0.3) is 0 Å². The second-order valence-corrected chi connectivity index (χ2v) is 6.90. The van der Waals surface area contributed by atoms with Gasteiger partial charge in [-0.2, -0.15) is 0 Å². The van der Waals surface area contributed by atoms with E-state index < -0.39 is 0 Å². The molecule has 1 amide bonds. The molecule has 0 spiro atoms. The number of carbonyl (C=O) groups is 1. The summed E-state index contributed by atoms with van der Waals surface area (Å²) in [5, 5.41) is 0. The van der Waals surface area contributed by atoms with E-state index in [1.807, 2.05) is 36.1 Å². The van der Waals surface area contributed by atoms with Crippen LogP contribution in [0.3, 0.4) is 0 Å². The number of hydrogen-bond donors (Lipinski definition) is 0. The Morgan fingerprint density at radius 3 is 2.56 bits per heavy atom. The Hall–Kier alpha value is -2.49. The van der Waals surface area contributed by atoms with E-state index in [1.165, 1.54) is 29.7 Å². The molecule has 2 aliphatic rings. The van der Waals surface area contributed by atoms with E-state index in [2.05, 4.69) is 23.1 Å². The van der Waals surface area contributed by atoms with Crippen molar-refractivity contribution in [2.24, 2.45) is 0 Å². The minimum Gasteiger partial charge on any atom is -0.484 e. The van der Waals surface area contributed by atoms with Crippen molar-refractivity contribution >= 4 is 17.3 Å². The van der Waals surface area contributed by atoms with Crippen LogP contribution in [0.5, 0.6) is 5.75 Å². The van der Waals surface area contributed by atoms with Crippen molar-refractivity contribution in [2.45, 2.75) is 26.2 Å². The first kappa shape index (κ1) is 16.0. The fourth-order valence-corrected chi connectivity index (χ4v) is 3.68. The van der Waals surface area contributed by atoms with Crippen molar-refractivity contribution in [3.8, 4) is 5.75 Å². The average Bonchev–Trinajstić information content (AvgIpc) is 3.30. The highest BCUT2D eigenvalue weighted by atomic mass is 16.5. The van der Waals surface area contributed by atoms with Gasteiger partial charge in [0.05, 0.1) is 0 Å². The fraction of sp³-hybridized carbons (Fsp3) is 0.381. The molecule has 0 saturated carbocycles. The van der Waals surface area contributed by atoms with Gasteiger partial charge in [-0.05, 0) is 62.1 Å². The average molecular weight is 336 g/mol. The maximum Gasteiger partial charge on any atom is 0.264 e. The van der Waals surface area contributed by atoms with Crippen molar-refractivity contribution in [1.29, 1.82) is 0 Å². The van der Waals surface area contributed by atoms with E-state index in [4.69, 9.17) is 4.74 Å². The molecule has 1 fully saturated rings. The Morgan fingerprint density at radius 1 is 1.04 bits per heavy atom. The summed E-state index contributed by atoms with van der Waals surface area (Å²) in [6.45, 7) is 5.15. The highest BCUT2D eigenvalue weighted by Crippen LogP contribution is 2.33. The molecular weight excluding hydrogens is 312 g/mol. The Labute approximate surface area is 149 Å². The first-order valence-electron chi connectivity index (χ1n) is 9.08. The Balaban J connectivity index is 1.42. The molecule has 130 valence electrons. The van der Waals surface area contributed by atoms with Crippen molar-refractivity contribution in [1.82, 2.24) is 0 Å². The van der Waals surface area contributed by atoms with Gasteiger partial charge in [-0.15, -0.1) is 0 Å². The van der Waals surface area contributed by atoms with Gasteiger partial charge in [-0.1, -0.05) is 17.7 Å². The fourth-order valence-electron chi connectivity index (χ4n) is 3.68. The third-order valence-corrected chi connectivity index (χ3v) is 5.11. The van der Waals surface area contributed by atoms with Crippen LogP contribution >= 0.6 is 0 Å². The lowest BCUT2D eigenvalue weighted by molar-refractivity contribution is -0.120. The number of nitrogens with zero attached hydrogens (tertiary/aromatic N) is 2. The van der Waals surface area contributed by atoms with E-state index in [-0.39, 0.29) is 12.5 Å². The number of benzene rings is 2. The number of rotatable bonds is 4. The molecule has 0 radical (unpaired) electrons. The molecule has 2 aliphatic heterocycles. The third kappa shape index (κ3) is 3.34. The number of fused-ring (bicyclic) bond motifs is 1. The first-order chi connectivity index (χ1) is 12.2. The Kier molecular flexibility index (Phi) is 4.35. The maximum atomic E-state index is 12.6. The summed E-state index contributed by atoms with van der Waals surface area (Å²) in [6.07, 6.45) is 3.48. The normalized spacial score (nSPS) is 16.2. The molecule has 0 unspecified atom stereocenters. The number of amides is 1. The quantitative estimate of drug-likeness (QED) is 0.856. The van der Waals surface area contributed by atoms with Gasteiger partial charge in [0, 0.05) is 31.0 Å². The van der Waals surface area contributed by atoms with Crippen LogP contribution in [-0.4, -0.2) is 32.1 Å². The van der Waals surface area contributed by atoms with Gasteiger partial charge >= 0.3 is 0 Å². The van der Waals surface area contributed by atoms with Crippen LogP contribution in [-0.2, 0) is 11.2 Å². The lowest BCUT2D eigenvalue weighted by Crippen LogP contribution is -2.33. The molecule has 4 rings (SSSR count). The predicted molar refractivity (Wildman–Crippen MR) is 101 cm³/mol. The highest BCUT2D eigenvalue weighted by Gasteiger charge is 2.26. The zero-order valence-corrected chi connectivity index (χ0v) is 14.7. The number of aryl methyl sites for hydroxylation is 1. The topological polar surface area (TPSA) is 32.8 Å². The van der Waals surface area contributed by atoms with E-state index in [9.17, 15) is 4.79 Å². The molecule has 4 nitrogen and oxygen atoms in total. The lowest BCUT2D eigenvalue weighted by Gasteiger charge is -2.21. The molecule has 1 saturated heterocycles. The van der Waals surface area contributed by atoms with Crippen LogP contribution in [0.4, 0.5) is 11.4 Å². The highest BCUT2D eigenvalue weighted by molar-refractivity contribution is 5.96. The predicted octanol–water partition coefficient (Wildman–Crippen LogP) is 3.56. The summed E-state index contributed by atoms with van der Waals surface area (Å²) in [4.78, 5) is 16.9. The van der Waals surface area contributed by atoms with Crippen molar-refractivity contribution in [3.05, 3.63) is 53.6 Å². The van der Waals surface area contributed by atoms with E-state index >= 15 is 0 Å². The summed E-state index contributed by atoms with van der Waals surface area (Å²) in [6, 6.07) is 14.3. The molecule has 0 bridgehead atoms. The third-order valence-electron chi connectivity index (χ3n) is 5.11. The minimum absolute atomic E-state index is 0.0215. The van der Waals surface area contributed by atoms with Crippen molar-refractivity contribution < 1.29 is 9.53 Å². The van der Waals surface area contributed by atoms with Crippen LogP contribution in [0, 0.1) is 6.92 Å². The Morgan fingerprint density at radius 2 is 1.80 bits per heavy atom. The SMILES string of the molecule is Cc1ccc(OCC(=O)N2CCc3cc(N4CCCC4)ccc32)cc1. The number of hydrogen-bond acceptors (Lipinski definition) is 3. The molecule has 2 heterocycles. The van der Waals surface area contributed by atoms with E-state index in [1.54, 1.807) is 0 Å². The van der Waals surface area contributed by atoms with E-state index in [0.717, 1.165) is 37.5 Å². The van der Waals surface area contributed by atoms with Gasteiger partial charge in [-0.25, -0.2) is 0 Å². The smallest absolute Gasteiger partial charge is 0.264 e. The molecular formula is C21H24N2O2. The molecule has 2 aromatic carbocycles. The van der Waals surface area contributed by atoms with Crippen molar-refractivity contribution in [3.63, 3.8) is 0 Å². The van der Waals surface area contributed by atoms with Gasteiger partial charge in [0.1, 0.15) is 5.75 Å². The number of carbonyl (C=O) groups excluding carboxylic acids is 1. The van der Waals surface area contributed by atoms with Crippen molar-refractivity contribution in [2.75, 3.05) is 36.0 Å². The summed E-state index contributed by atoms with van der Waals surface area (Å²) in [5.41, 5.74) is 4.79. The molecule has 0 aliphatic carbocycles. The van der Waals surface area contributed by atoms with Gasteiger partial charge in [0.25, 0.3) is 5.91 Å². The zero-order valence-electron chi connectivity index (χ0n) is 14.7. The minimum atomic E-state index is 0.0215. The molecule has 25 heavy (non-hydrogen) atoms. The maximum absolute atomic E-state index is 12.6. The summed E-state index contributed by atoms with van der Waals surface area (Å²) >= 11 is 0. The monoisotopic (exact) mass is 336 g/mol. The van der Waals surface area contributed by atoms with Gasteiger partial charge in [-0.3, -0.25) is 4.79 Å². The van der Waals surface area contributed by atoms with Crippen LogP contribution in [0.15, 0.2) is 42.5 Å². The lowest BCUT2D eigenvalue weighted by atomic mass is 10.1. The van der Waals surface area contributed by atoms with Gasteiger partial charge < -0.3 is 14.5 Å². The second kappa shape index (κ2) is 6.79. The zero-order chi connectivity index (χ0) is 17.2. The van der Waals surface area contributed by atoms with Gasteiger partial charge in [0.15, 0.2) is 6.61 Å². The second-order valence-electron chi connectivity index (χ2n) is 6.90. The molecule has 2 aromatic rings.